The summed E-state index contributed by atoms with van der Waals surface area (Å²) in [4.78, 5) is 24.1. The predicted octanol–water partition coefficient (Wildman–Crippen LogP) is 1.42. The largest absolute Gasteiger partial charge is 0.395 e. The standard InChI is InChI=1S/C21H28O5/c1-20-9-17(25)19-14(15(20)4-5-16(20)18(26)10-22)3-2-12-8-13(24)6-7-21(12,19)11-23/h6-8,14-17,19,22-23,25H,2-5,9-11H2,1H3/t14-,15-,16+,17?,19+,20-,21+/m0/s1. The predicted molar refractivity (Wildman–Crippen MR) is 95.0 cm³/mol. The van der Waals surface area contributed by atoms with Gasteiger partial charge >= 0.3 is 0 Å². The molecule has 4 rings (SSSR count). The van der Waals surface area contributed by atoms with Crippen LogP contribution in [0.5, 0.6) is 0 Å². The van der Waals surface area contributed by atoms with Crippen molar-refractivity contribution in [1.29, 1.82) is 0 Å². The Morgan fingerprint density at radius 3 is 2.73 bits per heavy atom. The minimum Gasteiger partial charge on any atom is -0.395 e. The molecule has 0 saturated heterocycles. The van der Waals surface area contributed by atoms with Gasteiger partial charge in [-0.05, 0) is 61.5 Å². The van der Waals surface area contributed by atoms with Gasteiger partial charge in [-0.1, -0.05) is 18.6 Å². The summed E-state index contributed by atoms with van der Waals surface area (Å²) in [6.07, 6.45) is 8.15. The Bertz CT molecular complexity index is 695. The monoisotopic (exact) mass is 360 g/mol. The van der Waals surface area contributed by atoms with Crippen molar-refractivity contribution >= 4 is 11.6 Å². The van der Waals surface area contributed by atoms with Crippen molar-refractivity contribution in [2.45, 2.75) is 45.1 Å². The summed E-state index contributed by atoms with van der Waals surface area (Å²) in [5, 5.41) is 30.8. The SMILES string of the molecule is C[C@]12CC(O)[C@H]3[C@@H](CCC4=CC(=O)C=C[C@@]43CO)[C@@H]1CC[C@@H]2C(=O)CO. The van der Waals surface area contributed by atoms with Crippen molar-refractivity contribution in [3.05, 3.63) is 23.8 Å². The fourth-order valence-electron chi connectivity index (χ4n) is 7.02. The zero-order chi connectivity index (χ0) is 18.7. The Hall–Kier alpha value is -1.30. The molecule has 0 aromatic heterocycles. The number of fused-ring (bicyclic) bond motifs is 5. The van der Waals surface area contributed by atoms with Gasteiger partial charge < -0.3 is 15.3 Å². The van der Waals surface area contributed by atoms with Gasteiger partial charge in [0.15, 0.2) is 11.6 Å². The number of allylic oxidation sites excluding steroid dienone is 2. The maximum Gasteiger partial charge on any atom is 0.178 e. The molecule has 0 bridgehead atoms. The van der Waals surface area contributed by atoms with Crippen LogP contribution in [0, 0.1) is 34.5 Å². The summed E-state index contributed by atoms with van der Waals surface area (Å²) in [5.74, 6) is 0.0236. The first-order valence-electron chi connectivity index (χ1n) is 9.74. The number of ketones is 2. The minimum absolute atomic E-state index is 0.0489. The van der Waals surface area contributed by atoms with E-state index in [1.165, 1.54) is 6.08 Å². The smallest absolute Gasteiger partial charge is 0.178 e. The summed E-state index contributed by atoms with van der Waals surface area (Å²) in [6, 6.07) is 0. The number of Topliss-reactive ketones (excluding diaryl/α,β-unsaturated/α-hetero) is 1. The van der Waals surface area contributed by atoms with E-state index in [0.29, 0.717) is 12.3 Å². The van der Waals surface area contributed by atoms with Gasteiger partial charge in [-0.2, -0.15) is 0 Å². The quantitative estimate of drug-likeness (QED) is 0.707. The first-order valence-corrected chi connectivity index (χ1v) is 9.74. The molecule has 4 aliphatic rings. The van der Waals surface area contributed by atoms with Crippen molar-refractivity contribution in [3.63, 3.8) is 0 Å². The fourth-order valence-corrected chi connectivity index (χ4v) is 7.02. The third-order valence-corrected chi connectivity index (χ3v) is 8.06. The molecular weight excluding hydrogens is 332 g/mol. The second-order valence-corrected chi connectivity index (χ2v) is 8.97. The molecule has 0 aromatic carbocycles. The molecule has 3 saturated carbocycles. The highest BCUT2D eigenvalue weighted by Gasteiger charge is 2.63. The number of aliphatic hydroxyl groups excluding tert-OH is 3. The topological polar surface area (TPSA) is 94.8 Å². The van der Waals surface area contributed by atoms with Crippen LogP contribution in [0.15, 0.2) is 23.8 Å². The first-order chi connectivity index (χ1) is 12.4. The number of carbonyl (C=O) groups excluding carboxylic acids is 2. The zero-order valence-electron chi connectivity index (χ0n) is 15.2. The highest BCUT2D eigenvalue weighted by molar-refractivity contribution is 6.01. The lowest BCUT2D eigenvalue weighted by Crippen LogP contribution is -2.58. The molecule has 5 nitrogen and oxygen atoms in total. The van der Waals surface area contributed by atoms with Gasteiger partial charge in [0, 0.05) is 17.3 Å². The van der Waals surface area contributed by atoms with Gasteiger partial charge in [0.1, 0.15) is 6.61 Å². The average Bonchev–Trinajstić information content (AvgIpc) is 2.97. The molecule has 142 valence electrons. The lowest BCUT2D eigenvalue weighted by molar-refractivity contribution is -0.145. The van der Waals surface area contributed by atoms with Gasteiger partial charge in [-0.25, -0.2) is 0 Å². The van der Waals surface area contributed by atoms with Gasteiger partial charge in [0.25, 0.3) is 0 Å². The molecule has 0 amide bonds. The third kappa shape index (κ3) is 2.26. The molecule has 4 aliphatic carbocycles. The van der Waals surface area contributed by atoms with E-state index in [9.17, 15) is 24.9 Å². The maximum atomic E-state index is 12.3. The molecule has 3 N–H and O–H groups in total. The highest BCUT2D eigenvalue weighted by atomic mass is 16.3. The van der Waals surface area contributed by atoms with Crippen LogP contribution in [0.3, 0.4) is 0 Å². The summed E-state index contributed by atoms with van der Waals surface area (Å²) in [5.41, 5.74) is -0.0132. The van der Waals surface area contributed by atoms with E-state index >= 15 is 0 Å². The van der Waals surface area contributed by atoms with E-state index in [-0.39, 0.29) is 41.3 Å². The number of aliphatic hydroxyl groups is 3. The molecule has 1 unspecified atom stereocenters. The van der Waals surface area contributed by atoms with Crippen LogP contribution in [0.1, 0.15) is 39.0 Å². The molecule has 0 heterocycles. The van der Waals surface area contributed by atoms with Crippen LogP contribution < -0.4 is 0 Å². The fraction of sp³-hybridized carbons (Fsp3) is 0.714. The second-order valence-electron chi connectivity index (χ2n) is 8.97. The second kappa shape index (κ2) is 6.11. The molecule has 0 aromatic rings. The molecule has 0 spiro atoms. The van der Waals surface area contributed by atoms with Crippen LogP contribution in [0.4, 0.5) is 0 Å². The van der Waals surface area contributed by atoms with Crippen molar-refractivity contribution < 1.29 is 24.9 Å². The lowest BCUT2D eigenvalue weighted by atomic mass is 9.46. The van der Waals surface area contributed by atoms with Crippen LogP contribution >= 0.6 is 0 Å². The molecule has 0 aliphatic heterocycles. The molecule has 26 heavy (non-hydrogen) atoms. The van der Waals surface area contributed by atoms with Crippen LogP contribution in [0.2, 0.25) is 0 Å². The van der Waals surface area contributed by atoms with Crippen molar-refractivity contribution in [2.75, 3.05) is 13.2 Å². The Balaban J connectivity index is 1.74. The normalized spacial score (nSPS) is 47.0. The Labute approximate surface area is 153 Å². The van der Waals surface area contributed by atoms with Gasteiger partial charge in [-0.3, -0.25) is 9.59 Å². The lowest BCUT2D eigenvalue weighted by Gasteiger charge is -2.59. The number of rotatable bonds is 3. The van der Waals surface area contributed by atoms with Crippen LogP contribution in [-0.2, 0) is 9.59 Å². The molecule has 3 fully saturated rings. The van der Waals surface area contributed by atoms with Crippen molar-refractivity contribution in [1.82, 2.24) is 0 Å². The van der Waals surface area contributed by atoms with Gasteiger partial charge in [0.05, 0.1) is 12.7 Å². The van der Waals surface area contributed by atoms with E-state index in [2.05, 4.69) is 6.92 Å². The van der Waals surface area contributed by atoms with Crippen molar-refractivity contribution in [2.24, 2.45) is 34.5 Å². The Morgan fingerprint density at radius 2 is 2.04 bits per heavy atom. The molecular formula is C21H28O5. The highest BCUT2D eigenvalue weighted by Crippen LogP contribution is 2.66. The Morgan fingerprint density at radius 1 is 1.27 bits per heavy atom. The van der Waals surface area contributed by atoms with Gasteiger partial charge in [0.2, 0.25) is 0 Å². The molecule has 7 atom stereocenters. The van der Waals surface area contributed by atoms with Crippen LogP contribution in [-0.4, -0.2) is 46.2 Å². The first kappa shape index (κ1) is 18.1. The van der Waals surface area contributed by atoms with E-state index < -0.39 is 18.1 Å². The summed E-state index contributed by atoms with van der Waals surface area (Å²) < 4.78 is 0. The summed E-state index contributed by atoms with van der Waals surface area (Å²) in [7, 11) is 0. The van der Waals surface area contributed by atoms with E-state index in [4.69, 9.17) is 0 Å². The van der Waals surface area contributed by atoms with Crippen molar-refractivity contribution in [3.8, 4) is 0 Å². The number of carbonyl (C=O) groups is 2. The maximum absolute atomic E-state index is 12.3. The zero-order valence-corrected chi connectivity index (χ0v) is 15.2. The van der Waals surface area contributed by atoms with E-state index in [1.807, 2.05) is 6.08 Å². The summed E-state index contributed by atoms with van der Waals surface area (Å²) >= 11 is 0. The van der Waals surface area contributed by atoms with Crippen LogP contribution in [0.25, 0.3) is 0 Å². The minimum atomic E-state index is -0.656. The number of hydrogen-bond donors (Lipinski definition) is 3. The van der Waals surface area contributed by atoms with Gasteiger partial charge in [-0.15, -0.1) is 0 Å². The number of hydrogen-bond acceptors (Lipinski definition) is 5. The Kier molecular flexibility index (Phi) is 4.25. The molecule has 0 radical (unpaired) electrons. The van der Waals surface area contributed by atoms with E-state index in [1.54, 1.807) is 6.08 Å². The molecule has 5 heteroatoms. The third-order valence-electron chi connectivity index (χ3n) is 8.06. The van der Waals surface area contributed by atoms with E-state index in [0.717, 1.165) is 31.3 Å². The summed E-state index contributed by atoms with van der Waals surface area (Å²) in [6.45, 7) is 1.55. The average molecular weight is 360 g/mol.